The number of aromatic nitrogens is 2. The molecule has 0 fully saturated rings. The Hall–Kier alpha value is -0.850. The van der Waals surface area contributed by atoms with Gasteiger partial charge in [-0.2, -0.15) is 4.98 Å². The number of hydrogen-bond donors (Lipinski definition) is 1. The highest BCUT2D eigenvalue weighted by Gasteiger charge is 2.15. The molecule has 0 bridgehead atoms. The molecule has 0 aliphatic rings. The third-order valence-corrected chi connectivity index (χ3v) is 2.89. The maximum atomic E-state index is 5.24. The van der Waals surface area contributed by atoms with Gasteiger partial charge in [0.1, 0.15) is 0 Å². The summed E-state index contributed by atoms with van der Waals surface area (Å²) >= 11 is 3.34. The van der Waals surface area contributed by atoms with Crippen molar-refractivity contribution in [3.05, 3.63) is 22.6 Å². The van der Waals surface area contributed by atoms with Crippen molar-refractivity contribution in [1.29, 1.82) is 0 Å². The lowest BCUT2D eigenvalue weighted by Gasteiger charge is -2.04. The van der Waals surface area contributed by atoms with Crippen LogP contribution in [-0.2, 0) is 6.42 Å². The summed E-state index contributed by atoms with van der Waals surface area (Å²) in [5, 5.41) is 7.01. The van der Waals surface area contributed by atoms with E-state index in [0.717, 1.165) is 10.9 Å². The van der Waals surface area contributed by atoms with E-state index in [1.807, 2.05) is 7.05 Å². The first kappa shape index (κ1) is 14.2. The molecule has 2 aromatic rings. The van der Waals surface area contributed by atoms with Crippen LogP contribution in [0.2, 0.25) is 0 Å². The van der Waals surface area contributed by atoms with Crippen molar-refractivity contribution < 1.29 is 8.94 Å². The van der Waals surface area contributed by atoms with E-state index in [1.165, 1.54) is 0 Å². The number of nitrogens with one attached hydrogen (secondary N) is 1. The van der Waals surface area contributed by atoms with Gasteiger partial charge in [-0.15, -0.1) is 12.4 Å². The zero-order valence-corrected chi connectivity index (χ0v) is 11.8. The Morgan fingerprint density at radius 1 is 1.53 bits per heavy atom. The molecule has 0 saturated carbocycles. The molecule has 1 atom stereocenters. The van der Waals surface area contributed by atoms with E-state index < -0.39 is 0 Å². The van der Waals surface area contributed by atoms with Crippen molar-refractivity contribution >= 4 is 28.3 Å². The molecular formula is C10H13BrClN3O2. The SMILES string of the molecule is CNC(C)Cc1noc(-c2occc2Br)n1.Cl. The van der Waals surface area contributed by atoms with Gasteiger partial charge in [-0.1, -0.05) is 5.16 Å². The first-order valence-corrected chi connectivity index (χ1v) is 5.73. The van der Waals surface area contributed by atoms with E-state index in [0.29, 0.717) is 23.5 Å². The summed E-state index contributed by atoms with van der Waals surface area (Å²) in [6.45, 7) is 2.05. The standard InChI is InChI=1S/C10H12BrN3O2.ClH/c1-6(12-2)5-8-13-10(16-14-8)9-7(11)3-4-15-9;/h3-4,6,12H,5H2,1-2H3;1H. The van der Waals surface area contributed by atoms with Crippen LogP contribution in [0.15, 0.2) is 25.7 Å². The average molecular weight is 323 g/mol. The van der Waals surface area contributed by atoms with Crippen LogP contribution in [0.4, 0.5) is 0 Å². The molecule has 2 aromatic heterocycles. The molecule has 94 valence electrons. The Labute approximate surface area is 113 Å². The molecule has 2 rings (SSSR count). The van der Waals surface area contributed by atoms with Crippen molar-refractivity contribution in [3.63, 3.8) is 0 Å². The molecule has 17 heavy (non-hydrogen) atoms. The van der Waals surface area contributed by atoms with Gasteiger partial charge in [0.05, 0.1) is 10.7 Å². The molecule has 0 aliphatic carbocycles. The van der Waals surface area contributed by atoms with Crippen LogP contribution in [0.1, 0.15) is 12.7 Å². The molecule has 2 heterocycles. The van der Waals surface area contributed by atoms with Crippen LogP contribution in [0.25, 0.3) is 11.7 Å². The molecule has 0 aromatic carbocycles. The fraction of sp³-hybridized carbons (Fsp3) is 0.400. The van der Waals surface area contributed by atoms with E-state index in [9.17, 15) is 0 Å². The predicted octanol–water partition coefficient (Wildman–Crippen LogP) is 2.66. The number of furan rings is 1. The summed E-state index contributed by atoms with van der Waals surface area (Å²) in [7, 11) is 1.90. The molecule has 0 aliphatic heterocycles. The van der Waals surface area contributed by atoms with Gasteiger partial charge in [-0.3, -0.25) is 0 Å². The zero-order chi connectivity index (χ0) is 11.5. The van der Waals surface area contributed by atoms with Gasteiger partial charge < -0.3 is 14.3 Å². The Kier molecular flexibility index (Phi) is 5.17. The number of nitrogens with zero attached hydrogens (tertiary/aromatic N) is 2. The Bertz CT molecular complexity index is 472. The first-order valence-electron chi connectivity index (χ1n) is 4.94. The largest absolute Gasteiger partial charge is 0.458 e. The minimum atomic E-state index is 0. The molecule has 5 nitrogen and oxygen atoms in total. The monoisotopic (exact) mass is 321 g/mol. The maximum Gasteiger partial charge on any atom is 0.294 e. The van der Waals surface area contributed by atoms with Crippen molar-refractivity contribution in [2.24, 2.45) is 0 Å². The number of rotatable bonds is 4. The summed E-state index contributed by atoms with van der Waals surface area (Å²) in [5.41, 5.74) is 0. The topological polar surface area (TPSA) is 64.1 Å². The van der Waals surface area contributed by atoms with Crippen molar-refractivity contribution in [3.8, 4) is 11.7 Å². The predicted molar refractivity (Wildman–Crippen MR) is 69.2 cm³/mol. The Morgan fingerprint density at radius 2 is 2.29 bits per heavy atom. The second-order valence-electron chi connectivity index (χ2n) is 3.51. The van der Waals surface area contributed by atoms with Gasteiger partial charge in [0.2, 0.25) is 5.76 Å². The summed E-state index contributed by atoms with van der Waals surface area (Å²) in [6, 6.07) is 2.10. The lowest BCUT2D eigenvalue weighted by Crippen LogP contribution is -2.24. The number of likely N-dealkylation sites (N-methyl/N-ethyl adjacent to an activating group) is 1. The molecule has 0 spiro atoms. The molecule has 7 heteroatoms. The van der Waals surface area contributed by atoms with Crippen molar-refractivity contribution in [2.75, 3.05) is 7.05 Å². The molecular weight excluding hydrogens is 309 g/mol. The van der Waals surface area contributed by atoms with Gasteiger partial charge in [0, 0.05) is 12.5 Å². The number of halogens is 2. The Balaban J connectivity index is 0.00000144. The van der Waals surface area contributed by atoms with E-state index in [2.05, 4.69) is 38.3 Å². The van der Waals surface area contributed by atoms with Crippen LogP contribution >= 0.6 is 28.3 Å². The van der Waals surface area contributed by atoms with Crippen LogP contribution in [0.3, 0.4) is 0 Å². The first-order chi connectivity index (χ1) is 7.70. The smallest absolute Gasteiger partial charge is 0.294 e. The van der Waals surface area contributed by atoms with Gasteiger partial charge >= 0.3 is 0 Å². The van der Waals surface area contributed by atoms with Gasteiger partial charge in [-0.25, -0.2) is 0 Å². The van der Waals surface area contributed by atoms with Crippen LogP contribution in [-0.4, -0.2) is 23.2 Å². The number of hydrogen-bond acceptors (Lipinski definition) is 5. The maximum absolute atomic E-state index is 5.24. The zero-order valence-electron chi connectivity index (χ0n) is 9.44. The molecule has 0 saturated heterocycles. The van der Waals surface area contributed by atoms with Crippen molar-refractivity contribution in [1.82, 2.24) is 15.5 Å². The quantitative estimate of drug-likeness (QED) is 0.937. The highest BCUT2D eigenvalue weighted by Crippen LogP contribution is 2.27. The second-order valence-corrected chi connectivity index (χ2v) is 4.36. The van der Waals surface area contributed by atoms with E-state index in [1.54, 1.807) is 12.3 Å². The Morgan fingerprint density at radius 3 is 2.88 bits per heavy atom. The minimum absolute atomic E-state index is 0. The summed E-state index contributed by atoms with van der Waals surface area (Å²) in [5.74, 6) is 1.63. The van der Waals surface area contributed by atoms with Crippen LogP contribution in [0.5, 0.6) is 0 Å². The molecule has 0 radical (unpaired) electrons. The lowest BCUT2D eigenvalue weighted by atomic mass is 10.2. The summed E-state index contributed by atoms with van der Waals surface area (Å²) in [6.07, 6.45) is 2.29. The van der Waals surface area contributed by atoms with Crippen LogP contribution in [0, 0.1) is 0 Å². The van der Waals surface area contributed by atoms with Gasteiger partial charge in [-0.05, 0) is 36.0 Å². The van der Waals surface area contributed by atoms with Crippen molar-refractivity contribution in [2.45, 2.75) is 19.4 Å². The summed E-state index contributed by atoms with van der Waals surface area (Å²) < 4.78 is 11.2. The second kappa shape index (κ2) is 6.18. The third-order valence-electron chi connectivity index (χ3n) is 2.26. The average Bonchev–Trinajstić information content (AvgIpc) is 2.86. The minimum Gasteiger partial charge on any atom is -0.458 e. The van der Waals surface area contributed by atoms with Crippen LogP contribution < -0.4 is 5.32 Å². The van der Waals surface area contributed by atoms with E-state index in [-0.39, 0.29) is 12.4 Å². The third kappa shape index (κ3) is 3.31. The van der Waals surface area contributed by atoms with Gasteiger partial charge in [0.25, 0.3) is 5.89 Å². The fourth-order valence-electron chi connectivity index (χ4n) is 1.25. The van der Waals surface area contributed by atoms with E-state index >= 15 is 0 Å². The van der Waals surface area contributed by atoms with Gasteiger partial charge in [0.15, 0.2) is 5.82 Å². The molecule has 1 N–H and O–H groups in total. The summed E-state index contributed by atoms with van der Waals surface area (Å²) in [4.78, 5) is 4.26. The molecule has 1 unspecified atom stereocenters. The normalized spacial score (nSPS) is 12.2. The fourth-order valence-corrected chi connectivity index (χ4v) is 1.62. The lowest BCUT2D eigenvalue weighted by molar-refractivity contribution is 0.405. The highest BCUT2D eigenvalue weighted by molar-refractivity contribution is 9.10. The highest BCUT2D eigenvalue weighted by atomic mass is 79.9. The molecule has 0 amide bonds. The van der Waals surface area contributed by atoms with E-state index in [4.69, 9.17) is 8.94 Å².